The summed E-state index contributed by atoms with van der Waals surface area (Å²) in [7, 11) is 0. The van der Waals surface area contributed by atoms with Gasteiger partial charge in [0.25, 0.3) is 5.91 Å². The SMILES string of the molecule is CSc1cccc(NC(=O)c2cccc3ccccc23)c1. The third-order valence-corrected chi connectivity index (χ3v) is 4.09. The summed E-state index contributed by atoms with van der Waals surface area (Å²) in [5.41, 5.74) is 1.52. The topological polar surface area (TPSA) is 29.1 Å². The molecule has 1 amide bonds. The van der Waals surface area contributed by atoms with Crippen molar-refractivity contribution in [2.24, 2.45) is 0 Å². The van der Waals surface area contributed by atoms with E-state index in [4.69, 9.17) is 0 Å². The minimum atomic E-state index is -0.0787. The second kappa shape index (κ2) is 6.02. The van der Waals surface area contributed by atoms with Crippen LogP contribution in [0.25, 0.3) is 10.8 Å². The molecule has 0 aromatic heterocycles. The lowest BCUT2D eigenvalue weighted by Gasteiger charge is -2.09. The predicted octanol–water partition coefficient (Wildman–Crippen LogP) is 4.81. The zero-order chi connectivity index (χ0) is 14.7. The van der Waals surface area contributed by atoms with Gasteiger partial charge in [-0.15, -0.1) is 11.8 Å². The standard InChI is InChI=1S/C18H15NOS/c1-21-15-9-5-8-14(12-15)19-18(20)17-11-4-7-13-6-2-3-10-16(13)17/h2-12H,1H3,(H,19,20). The van der Waals surface area contributed by atoms with Crippen molar-refractivity contribution in [3.8, 4) is 0 Å². The van der Waals surface area contributed by atoms with E-state index in [2.05, 4.69) is 5.32 Å². The smallest absolute Gasteiger partial charge is 0.256 e. The quantitative estimate of drug-likeness (QED) is 0.702. The number of anilines is 1. The highest BCUT2D eigenvalue weighted by atomic mass is 32.2. The van der Waals surface area contributed by atoms with Gasteiger partial charge in [0, 0.05) is 16.1 Å². The van der Waals surface area contributed by atoms with E-state index >= 15 is 0 Å². The highest BCUT2D eigenvalue weighted by Gasteiger charge is 2.09. The van der Waals surface area contributed by atoms with Crippen molar-refractivity contribution in [2.75, 3.05) is 11.6 Å². The largest absolute Gasteiger partial charge is 0.322 e. The van der Waals surface area contributed by atoms with Crippen molar-refractivity contribution in [1.29, 1.82) is 0 Å². The summed E-state index contributed by atoms with van der Waals surface area (Å²) in [5.74, 6) is -0.0787. The van der Waals surface area contributed by atoms with Crippen LogP contribution in [-0.2, 0) is 0 Å². The highest BCUT2D eigenvalue weighted by Crippen LogP contribution is 2.22. The van der Waals surface area contributed by atoms with E-state index < -0.39 is 0 Å². The minimum absolute atomic E-state index is 0.0787. The molecular formula is C18H15NOS. The molecule has 3 heteroatoms. The number of carbonyl (C=O) groups is 1. The summed E-state index contributed by atoms with van der Waals surface area (Å²) >= 11 is 1.66. The summed E-state index contributed by atoms with van der Waals surface area (Å²) < 4.78 is 0. The number of amides is 1. The average molecular weight is 293 g/mol. The number of hydrogen-bond acceptors (Lipinski definition) is 2. The van der Waals surface area contributed by atoms with Gasteiger partial charge < -0.3 is 5.32 Å². The first-order valence-electron chi connectivity index (χ1n) is 6.71. The summed E-state index contributed by atoms with van der Waals surface area (Å²) in [4.78, 5) is 13.6. The van der Waals surface area contributed by atoms with Gasteiger partial charge in [0.15, 0.2) is 0 Å². The van der Waals surface area contributed by atoms with Gasteiger partial charge in [-0.3, -0.25) is 4.79 Å². The lowest BCUT2D eigenvalue weighted by Crippen LogP contribution is -2.12. The Morgan fingerprint density at radius 1 is 0.952 bits per heavy atom. The average Bonchev–Trinajstić information content (AvgIpc) is 2.54. The van der Waals surface area contributed by atoms with E-state index in [9.17, 15) is 4.79 Å². The van der Waals surface area contributed by atoms with Crippen LogP contribution in [0.1, 0.15) is 10.4 Å². The molecule has 0 fully saturated rings. The van der Waals surface area contributed by atoms with Crippen LogP contribution in [0.4, 0.5) is 5.69 Å². The fourth-order valence-corrected chi connectivity index (χ4v) is 2.78. The number of thioether (sulfide) groups is 1. The third-order valence-electron chi connectivity index (χ3n) is 3.36. The molecule has 1 N–H and O–H groups in total. The molecule has 0 aliphatic carbocycles. The monoisotopic (exact) mass is 293 g/mol. The molecule has 0 bridgehead atoms. The fraction of sp³-hybridized carbons (Fsp3) is 0.0556. The Hall–Kier alpha value is -2.26. The fourth-order valence-electron chi connectivity index (χ4n) is 2.32. The van der Waals surface area contributed by atoms with Gasteiger partial charge in [-0.1, -0.05) is 42.5 Å². The first-order valence-corrected chi connectivity index (χ1v) is 7.93. The second-order valence-electron chi connectivity index (χ2n) is 4.71. The zero-order valence-corrected chi connectivity index (χ0v) is 12.5. The normalized spacial score (nSPS) is 10.5. The van der Waals surface area contributed by atoms with E-state index in [0.717, 1.165) is 21.4 Å². The van der Waals surface area contributed by atoms with E-state index in [-0.39, 0.29) is 5.91 Å². The second-order valence-corrected chi connectivity index (χ2v) is 5.59. The minimum Gasteiger partial charge on any atom is -0.322 e. The lowest BCUT2D eigenvalue weighted by atomic mass is 10.0. The maximum atomic E-state index is 12.5. The van der Waals surface area contributed by atoms with Crippen molar-refractivity contribution >= 4 is 34.1 Å². The van der Waals surface area contributed by atoms with Crippen LogP contribution in [0, 0.1) is 0 Å². The molecule has 0 radical (unpaired) electrons. The molecule has 0 atom stereocenters. The van der Waals surface area contributed by atoms with Crippen LogP contribution >= 0.6 is 11.8 Å². The van der Waals surface area contributed by atoms with Crippen molar-refractivity contribution in [1.82, 2.24) is 0 Å². The van der Waals surface area contributed by atoms with Crippen LogP contribution in [0.5, 0.6) is 0 Å². The molecule has 21 heavy (non-hydrogen) atoms. The highest BCUT2D eigenvalue weighted by molar-refractivity contribution is 7.98. The van der Waals surface area contributed by atoms with Gasteiger partial charge >= 0.3 is 0 Å². The molecule has 0 saturated carbocycles. The summed E-state index contributed by atoms with van der Waals surface area (Å²) in [6.07, 6.45) is 2.02. The first kappa shape index (κ1) is 13.7. The van der Waals surface area contributed by atoms with Gasteiger partial charge in [0.05, 0.1) is 0 Å². The van der Waals surface area contributed by atoms with E-state index in [0.29, 0.717) is 5.56 Å². The summed E-state index contributed by atoms with van der Waals surface area (Å²) in [6, 6.07) is 21.6. The van der Waals surface area contributed by atoms with Crippen LogP contribution in [0.2, 0.25) is 0 Å². The van der Waals surface area contributed by atoms with E-state index in [1.54, 1.807) is 11.8 Å². The van der Waals surface area contributed by atoms with Crippen LogP contribution in [-0.4, -0.2) is 12.2 Å². The summed E-state index contributed by atoms with van der Waals surface area (Å²) in [5, 5.41) is 5.02. The van der Waals surface area contributed by atoms with Gasteiger partial charge in [0.1, 0.15) is 0 Å². The van der Waals surface area contributed by atoms with Crippen molar-refractivity contribution in [2.45, 2.75) is 4.90 Å². The van der Waals surface area contributed by atoms with Gasteiger partial charge in [-0.05, 0) is 41.3 Å². The van der Waals surface area contributed by atoms with Gasteiger partial charge in [0.2, 0.25) is 0 Å². The van der Waals surface area contributed by atoms with Crippen molar-refractivity contribution in [3.63, 3.8) is 0 Å². The van der Waals surface area contributed by atoms with Gasteiger partial charge in [-0.2, -0.15) is 0 Å². The number of carbonyl (C=O) groups excluding carboxylic acids is 1. The Morgan fingerprint density at radius 3 is 2.57 bits per heavy atom. The third kappa shape index (κ3) is 2.93. The maximum Gasteiger partial charge on any atom is 0.256 e. The molecule has 3 aromatic carbocycles. The molecule has 0 aliphatic heterocycles. The number of hydrogen-bond donors (Lipinski definition) is 1. The maximum absolute atomic E-state index is 12.5. The van der Waals surface area contributed by atoms with Gasteiger partial charge in [-0.25, -0.2) is 0 Å². The van der Waals surface area contributed by atoms with Crippen LogP contribution < -0.4 is 5.32 Å². The molecule has 3 rings (SSSR count). The molecule has 0 spiro atoms. The van der Waals surface area contributed by atoms with Crippen molar-refractivity contribution < 1.29 is 4.79 Å². The molecule has 0 saturated heterocycles. The molecule has 0 aliphatic rings. The number of benzene rings is 3. The molecule has 0 unspecified atom stereocenters. The molecule has 0 heterocycles. The van der Waals surface area contributed by atoms with E-state index in [1.807, 2.05) is 73.0 Å². The Kier molecular flexibility index (Phi) is 3.93. The van der Waals surface area contributed by atoms with Crippen LogP contribution in [0.3, 0.4) is 0 Å². The number of rotatable bonds is 3. The predicted molar refractivity (Wildman–Crippen MR) is 90.1 cm³/mol. The lowest BCUT2D eigenvalue weighted by molar-refractivity contribution is 0.102. The Labute approximate surface area is 128 Å². The molecular weight excluding hydrogens is 278 g/mol. The zero-order valence-electron chi connectivity index (χ0n) is 11.7. The molecule has 104 valence electrons. The van der Waals surface area contributed by atoms with E-state index in [1.165, 1.54) is 0 Å². The molecule has 2 nitrogen and oxygen atoms in total. The Morgan fingerprint density at radius 2 is 1.71 bits per heavy atom. The summed E-state index contributed by atoms with van der Waals surface area (Å²) in [6.45, 7) is 0. The van der Waals surface area contributed by atoms with Crippen LogP contribution in [0.15, 0.2) is 71.6 Å². The first-order chi connectivity index (χ1) is 10.3. The number of nitrogens with one attached hydrogen (secondary N) is 1. The Balaban J connectivity index is 1.93. The number of fused-ring (bicyclic) bond motifs is 1. The molecule has 3 aromatic rings. The Bertz CT molecular complexity index is 793. The van der Waals surface area contributed by atoms with Crippen molar-refractivity contribution in [3.05, 3.63) is 72.3 Å².